The molecule has 20 heavy (non-hydrogen) atoms. The molecule has 0 saturated heterocycles. The summed E-state index contributed by atoms with van der Waals surface area (Å²) in [5.74, 6) is -1.26. The van der Waals surface area contributed by atoms with Crippen LogP contribution in [0.4, 0.5) is 11.4 Å². The Hall–Kier alpha value is -1.58. The van der Waals surface area contributed by atoms with E-state index in [1.165, 1.54) is 18.2 Å². The predicted octanol–water partition coefficient (Wildman–Crippen LogP) is 2.59. The number of thiophene rings is 1. The molecule has 0 aliphatic carbocycles. The maximum Gasteiger partial charge on any atom is 0.337 e. The topological polar surface area (TPSA) is 109 Å². The first-order valence-electron chi connectivity index (χ1n) is 5.20. The molecule has 9 heteroatoms. The van der Waals surface area contributed by atoms with E-state index >= 15 is 0 Å². The number of carbonyl (C=O) groups is 1. The van der Waals surface area contributed by atoms with Crippen LogP contribution in [-0.2, 0) is 10.0 Å². The van der Waals surface area contributed by atoms with E-state index in [4.69, 9.17) is 10.8 Å². The minimum atomic E-state index is -3.85. The summed E-state index contributed by atoms with van der Waals surface area (Å²) in [5.41, 5.74) is 5.50. The fraction of sp³-hybridized carbons (Fsp3) is 0. The van der Waals surface area contributed by atoms with Crippen molar-refractivity contribution in [3.8, 4) is 0 Å². The zero-order valence-corrected chi connectivity index (χ0v) is 13.0. The van der Waals surface area contributed by atoms with E-state index in [0.29, 0.717) is 4.47 Å². The highest BCUT2D eigenvalue weighted by Gasteiger charge is 2.22. The van der Waals surface area contributed by atoms with Gasteiger partial charge >= 0.3 is 5.97 Å². The molecule has 106 valence electrons. The standard InChI is InChI=1S/C11H9BrN2O4S2/c12-8-3-4-19-11(8)20(17,18)14-9-2-1-6(13)5-7(9)10(15)16/h1-5,14H,13H2,(H,15,16). The number of nitrogens with one attached hydrogen (secondary N) is 1. The Balaban J connectivity index is 2.45. The average molecular weight is 377 g/mol. The summed E-state index contributed by atoms with van der Waals surface area (Å²) < 4.78 is 27.1. The molecule has 0 bridgehead atoms. The zero-order chi connectivity index (χ0) is 14.9. The van der Waals surface area contributed by atoms with E-state index in [1.54, 1.807) is 11.4 Å². The zero-order valence-electron chi connectivity index (χ0n) is 9.83. The van der Waals surface area contributed by atoms with Gasteiger partial charge in [0.1, 0.15) is 0 Å². The van der Waals surface area contributed by atoms with Crippen LogP contribution in [0.3, 0.4) is 0 Å². The fourth-order valence-electron chi connectivity index (χ4n) is 1.49. The smallest absolute Gasteiger partial charge is 0.337 e. The van der Waals surface area contributed by atoms with Crippen LogP contribution in [0.25, 0.3) is 0 Å². The number of anilines is 2. The van der Waals surface area contributed by atoms with Crippen LogP contribution in [0.2, 0.25) is 0 Å². The van der Waals surface area contributed by atoms with Crippen molar-refractivity contribution in [2.24, 2.45) is 0 Å². The molecule has 0 atom stereocenters. The van der Waals surface area contributed by atoms with Gasteiger partial charge in [-0.2, -0.15) is 0 Å². The summed E-state index contributed by atoms with van der Waals surface area (Å²) in [6.45, 7) is 0. The van der Waals surface area contributed by atoms with Crippen molar-refractivity contribution in [3.05, 3.63) is 39.7 Å². The third kappa shape index (κ3) is 2.94. The number of nitrogens with two attached hydrogens (primary N) is 1. The Kier molecular flexibility index (Phi) is 4.02. The number of sulfonamides is 1. The number of halogens is 1. The molecule has 0 spiro atoms. The molecule has 0 aliphatic rings. The van der Waals surface area contributed by atoms with Crippen LogP contribution in [0.5, 0.6) is 0 Å². The lowest BCUT2D eigenvalue weighted by atomic mass is 10.1. The minimum Gasteiger partial charge on any atom is -0.478 e. The van der Waals surface area contributed by atoms with Crippen molar-refractivity contribution < 1.29 is 18.3 Å². The van der Waals surface area contributed by atoms with Crippen LogP contribution in [0.15, 0.2) is 38.3 Å². The fourth-order valence-corrected chi connectivity index (χ4v) is 4.91. The lowest BCUT2D eigenvalue weighted by Crippen LogP contribution is -2.15. The van der Waals surface area contributed by atoms with Crippen molar-refractivity contribution in [1.82, 2.24) is 0 Å². The molecule has 1 heterocycles. The lowest BCUT2D eigenvalue weighted by Gasteiger charge is -2.10. The summed E-state index contributed by atoms with van der Waals surface area (Å²) in [6.07, 6.45) is 0. The van der Waals surface area contributed by atoms with Crippen LogP contribution in [-0.4, -0.2) is 19.5 Å². The minimum absolute atomic E-state index is 0.0352. The highest BCUT2D eigenvalue weighted by atomic mass is 79.9. The van der Waals surface area contributed by atoms with E-state index in [0.717, 1.165) is 11.3 Å². The van der Waals surface area contributed by atoms with Gasteiger partial charge in [-0.05, 0) is 45.6 Å². The highest BCUT2D eigenvalue weighted by Crippen LogP contribution is 2.30. The monoisotopic (exact) mass is 376 g/mol. The number of hydrogen-bond donors (Lipinski definition) is 3. The summed E-state index contributed by atoms with van der Waals surface area (Å²) in [6, 6.07) is 5.54. The van der Waals surface area contributed by atoms with Crippen LogP contribution in [0, 0.1) is 0 Å². The lowest BCUT2D eigenvalue weighted by molar-refractivity contribution is 0.0698. The molecule has 2 aromatic rings. The maximum absolute atomic E-state index is 12.2. The first kappa shape index (κ1) is 14.8. The molecule has 1 aromatic heterocycles. The Labute approximate surface area is 127 Å². The predicted molar refractivity (Wildman–Crippen MR) is 80.6 cm³/mol. The van der Waals surface area contributed by atoms with Gasteiger partial charge in [0, 0.05) is 10.2 Å². The molecule has 0 aliphatic heterocycles. The van der Waals surface area contributed by atoms with Crippen molar-refractivity contribution in [2.75, 3.05) is 10.5 Å². The highest BCUT2D eigenvalue weighted by molar-refractivity contribution is 9.10. The van der Waals surface area contributed by atoms with E-state index in [1.807, 2.05) is 0 Å². The molecule has 0 fully saturated rings. The summed E-state index contributed by atoms with van der Waals surface area (Å²) in [5, 5.41) is 10.7. The summed E-state index contributed by atoms with van der Waals surface area (Å²) in [4.78, 5) is 11.1. The molecular formula is C11H9BrN2O4S2. The van der Waals surface area contributed by atoms with E-state index in [2.05, 4.69) is 20.7 Å². The van der Waals surface area contributed by atoms with Gasteiger partial charge in [0.15, 0.2) is 4.21 Å². The Bertz CT molecular complexity index is 770. The van der Waals surface area contributed by atoms with Gasteiger partial charge in [0.25, 0.3) is 10.0 Å². The van der Waals surface area contributed by atoms with Gasteiger partial charge in [-0.3, -0.25) is 4.72 Å². The molecule has 0 unspecified atom stereocenters. The molecule has 4 N–H and O–H groups in total. The molecule has 2 rings (SSSR count). The molecule has 1 aromatic carbocycles. The van der Waals surface area contributed by atoms with Gasteiger partial charge in [-0.15, -0.1) is 11.3 Å². The number of benzene rings is 1. The van der Waals surface area contributed by atoms with Gasteiger partial charge in [-0.1, -0.05) is 0 Å². The number of rotatable bonds is 4. The van der Waals surface area contributed by atoms with Crippen molar-refractivity contribution in [2.45, 2.75) is 4.21 Å². The molecule has 0 saturated carbocycles. The summed E-state index contributed by atoms with van der Waals surface area (Å²) in [7, 11) is -3.85. The molecule has 6 nitrogen and oxygen atoms in total. The average Bonchev–Trinajstić information content (AvgIpc) is 2.78. The Morgan fingerprint density at radius 3 is 2.60 bits per heavy atom. The third-order valence-corrected chi connectivity index (χ3v) is 6.38. The Morgan fingerprint density at radius 2 is 2.05 bits per heavy atom. The van der Waals surface area contributed by atoms with Gasteiger partial charge in [0.2, 0.25) is 0 Å². The van der Waals surface area contributed by atoms with Crippen LogP contribution < -0.4 is 10.5 Å². The first-order chi connectivity index (χ1) is 9.31. The molecule has 0 amide bonds. The van der Waals surface area contributed by atoms with Crippen molar-refractivity contribution in [1.29, 1.82) is 0 Å². The maximum atomic E-state index is 12.2. The second-order valence-corrected chi connectivity index (χ2v) is 7.42. The number of nitrogen functional groups attached to an aromatic ring is 1. The largest absolute Gasteiger partial charge is 0.478 e. The van der Waals surface area contributed by atoms with Gasteiger partial charge < -0.3 is 10.8 Å². The number of hydrogen-bond acceptors (Lipinski definition) is 5. The molecule has 0 radical (unpaired) electrons. The van der Waals surface area contributed by atoms with E-state index in [-0.39, 0.29) is 21.1 Å². The van der Waals surface area contributed by atoms with Gasteiger partial charge in [-0.25, -0.2) is 13.2 Å². The van der Waals surface area contributed by atoms with Crippen LogP contribution in [0.1, 0.15) is 10.4 Å². The van der Waals surface area contributed by atoms with Gasteiger partial charge in [0.05, 0.1) is 11.3 Å². The SMILES string of the molecule is Nc1ccc(NS(=O)(=O)c2sccc2Br)c(C(=O)O)c1. The normalized spacial score (nSPS) is 11.2. The van der Waals surface area contributed by atoms with E-state index in [9.17, 15) is 13.2 Å². The van der Waals surface area contributed by atoms with Crippen LogP contribution >= 0.6 is 27.3 Å². The Morgan fingerprint density at radius 1 is 1.35 bits per heavy atom. The molecular weight excluding hydrogens is 368 g/mol. The number of carboxylic acid groups (broad SMARTS) is 1. The number of aromatic carboxylic acids is 1. The quantitative estimate of drug-likeness (QED) is 0.710. The first-order valence-corrected chi connectivity index (χ1v) is 8.35. The summed E-state index contributed by atoms with van der Waals surface area (Å²) >= 11 is 4.15. The second-order valence-electron chi connectivity index (χ2n) is 3.77. The second kappa shape index (κ2) is 5.43. The number of carboxylic acids is 1. The van der Waals surface area contributed by atoms with Crippen molar-refractivity contribution >= 4 is 54.6 Å². The van der Waals surface area contributed by atoms with E-state index < -0.39 is 16.0 Å². The van der Waals surface area contributed by atoms with Crippen molar-refractivity contribution in [3.63, 3.8) is 0 Å². The third-order valence-electron chi connectivity index (χ3n) is 2.35.